The van der Waals surface area contributed by atoms with Crippen molar-refractivity contribution in [3.63, 3.8) is 0 Å². The highest BCUT2D eigenvalue weighted by atomic mass is 19.1. The molecule has 0 saturated carbocycles. The second-order valence-corrected chi connectivity index (χ2v) is 6.73. The van der Waals surface area contributed by atoms with Crippen LogP contribution in [-0.2, 0) is 6.54 Å². The molecule has 0 radical (unpaired) electrons. The molecule has 3 heterocycles. The van der Waals surface area contributed by atoms with Crippen molar-refractivity contribution < 1.29 is 13.6 Å². The predicted molar refractivity (Wildman–Crippen MR) is 105 cm³/mol. The van der Waals surface area contributed by atoms with Crippen LogP contribution in [0.3, 0.4) is 0 Å². The second-order valence-electron chi connectivity index (χ2n) is 6.73. The molecule has 3 aromatic rings. The van der Waals surface area contributed by atoms with Crippen LogP contribution in [0.5, 0.6) is 0 Å². The Labute approximate surface area is 162 Å². The lowest BCUT2D eigenvalue weighted by molar-refractivity contribution is 0.102. The van der Waals surface area contributed by atoms with Crippen LogP contribution in [0, 0.1) is 5.82 Å². The van der Waals surface area contributed by atoms with E-state index in [4.69, 9.17) is 4.42 Å². The summed E-state index contributed by atoms with van der Waals surface area (Å²) in [7, 11) is 0. The zero-order valence-electron chi connectivity index (χ0n) is 15.3. The molecule has 1 amide bonds. The monoisotopic (exact) mass is 380 g/mol. The Morgan fingerprint density at radius 1 is 1.11 bits per heavy atom. The molecule has 0 spiro atoms. The van der Waals surface area contributed by atoms with E-state index in [1.807, 2.05) is 12.1 Å². The van der Waals surface area contributed by atoms with E-state index >= 15 is 0 Å². The number of carbonyl (C=O) groups excluding carboxylic acids is 1. The standard InChI is InChI=1S/C21H21FN4O2/c22-19-4-2-1-3-18(19)21(27)24-17-5-6-20(23-13-17)26-10-8-25(9-11-26)14-16-7-12-28-15-16/h1-7,12-13,15H,8-11,14H2,(H,24,27). The fraction of sp³-hybridized carbons (Fsp3) is 0.238. The summed E-state index contributed by atoms with van der Waals surface area (Å²) in [6.07, 6.45) is 5.08. The Balaban J connectivity index is 1.32. The van der Waals surface area contributed by atoms with Crippen molar-refractivity contribution in [2.75, 3.05) is 36.4 Å². The maximum absolute atomic E-state index is 13.7. The molecule has 4 rings (SSSR count). The summed E-state index contributed by atoms with van der Waals surface area (Å²) >= 11 is 0. The van der Waals surface area contributed by atoms with Gasteiger partial charge in [-0.2, -0.15) is 0 Å². The van der Waals surface area contributed by atoms with Crippen LogP contribution in [0.2, 0.25) is 0 Å². The Bertz CT molecular complexity index is 920. The van der Waals surface area contributed by atoms with Gasteiger partial charge in [-0.15, -0.1) is 0 Å². The topological polar surface area (TPSA) is 61.6 Å². The Hall–Kier alpha value is -3.19. The van der Waals surface area contributed by atoms with Crippen LogP contribution >= 0.6 is 0 Å². The molecule has 6 nitrogen and oxygen atoms in total. The molecule has 0 bridgehead atoms. The fourth-order valence-corrected chi connectivity index (χ4v) is 3.27. The third kappa shape index (κ3) is 4.20. The summed E-state index contributed by atoms with van der Waals surface area (Å²) in [5.41, 5.74) is 1.73. The highest BCUT2D eigenvalue weighted by molar-refractivity contribution is 6.04. The van der Waals surface area contributed by atoms with Gasteiger partial charge in [-0.25, -0.2) is 9.37 Å². The molecule has 0 unspecified atom stereocenters. The highest BCUT2D eigenvalue weighted by Crippen LogP contribution is 2.18. The summed E-state index contributed by atoms with van der Waals surface area (Å²) in [4.78, 5) is 21.2. The van der Waals surface area contributed by atoms with E-state index in [9.17, 15) is 9.18 Å². The number of furan rings is 1. The summed E-state index contributed by atoms with van der Waals surface area (Å²) < 4.78 is 18.8. The number of halogens is 1. The van der Waals surface area contributed by atoms with Crippen molar-refractivity contribution in [2.24, 2.45) is 0 Å². The molecule has 28 heavy (non-hydrogen) atoms. The molecule has 1 aliphatic heterocycles. The zero-order chi connectivity index (χ0) is 19.3. The van der Waals surface area contributed by atoms with Gasteiger partial charge in [0.15, 0.2) is 0 Å². The molecule has 1 aromatic carbocycles. The Kier molecular flexibility index (Phi) is 5.34. The molecule has 1 fully saturated rings. The van der Waals surface area contributed by atoms with Gasteiger partial charge >= 0.3 is 0 Å². The van der Waals surface area contributed by atoms with Gasteiger partial charge in [0.05, 0.1) is 30.0 Å². The number of pyridine rings is 1. The van der Waals surface area contributed by atoms with Crippen LogP contribution < -0.4 is 10.2 Å². The first-order valence-corrected chi connectivity index (χ1v) is 9.19. The quantitative estimate of drug-likeness (QED) is 0.735. The summed E-state index contributed by atoms with van der Waals surface area (Å²) in [6, 6.07) is 11.6. The van der Waals surface area contributed by atoms with E-state index in [0.29, 0.717) is 5.69 Å². The van der Waals surface area contributed by atoms with Crippen molar-refractivity contribution in [2.45, 2.75) is 6.54 Å². The zero-order valence-corrected chi connectivity index (χ0v) is 15.3. The van der Waals surface area contributed by atoms with Crippen molar-refractivity contribution in [1.29, 1.82) is 0 Å². The minimum absolute atomic E-state index is 0.0142. The van der Waals surface area contributed by atoms with Crippen LogP contribution in [0.15, 0.2) is 65.6 Å². The Morgan fingerprint density at radius 2 is 1.93 bits per heavy atom. The SMILES string of the molecule is O=C(Nc1ccc(N2CCN(Cc3ccoc3)CC2)nc1)c1ccccc1F. The van der Waals surface area contributed by atoms with Gasteiger partial charge in [-0.05, 0) is 30.3 Å². The van der Waals surface area contributed by atoms with Crippen molar-refractivity contribution in [1.82, 2.24) is 9.88 Å². The molecular weight excluding hydrogens is 359 g/mol. The lowest BCUT2D eigenvalue weighted by atomic mass is 10.2. The number of hydrogen-bond donors (Lipinski definition) is 1. The predicted octanol–water partition coefficient (Wildman–Crippen LogP) is 3.39. The number of anilines is 2. The molecule has 0 aliphatic carbocycles. The lowest BCUT2D eigenvalue weighted by Gasteiger charge is -2.35. The average Bonchev–Trinajstić information content (AvgIpc) is 3.22. The number of amides is 1. The average molecular weight is 380 g/mol. The number of rotatable bonds is 5. The van der Waals surface area contributed by atoms with Crippen LogP contribution in [0.1, 0.15) is 15.9 Å². The second kappa shape index (κ2) is 8.22. The summed E-state index contributed by atoms with van der Waals surface area (Å²) in [6.45, 7) is 4.54. The molecule has 0 atom stereocenters. The van der Waals surface area contributed by atoms with E-state index in [0.717, 1.165) is 38.5 Å². The van der Waals surface area contributed by atoms with Crippen molar-refractivity contribution in [3.05, 3.63) is 78.1 Å². The summed E-state index contributed by atoms with van der Waals surface area (Å²) in [5.74, 6) is -0.162. The smallest absolute Gasteiger partial charge is 0.258 e. The first-order valence-electron chi connectivity index (χ1n) is 9.19. The number of nitrogens with one attached hydrogen (secondary N) is 1. The minimum Gasteiger partial charge on any atom is -0.472 e. The van der Waals surface area contributed by atoms with Crippen molar-refractivity contribution >= 4 is 17.4 Å². The molecular formula is C21H21FN4O2. The first-order chi connectivity index (χ1) is 13.7. The maximum Gasteiger partial charge on any atom is 0.258 e. The molecule has 2 aromatic heterocycles. The number of benzene rings is 1. The number of aromatic nitrogens is 1. The van der Waals surface area contributed by atoms with Crippen LogP contribution in [-0.4, -0.2) is 42.0 Å². The third-order valence-electron chi connectivity index (χ3n) is 4.81. The number of piperazine rings is 1. The molecule has 1 N–H and O–H groups in total. The van der Waals surface area contributed by atoms with E-state index in [2.05, 4.69) is 20.1 Å². The lowest BCUT2D eigenvalue weighted by Crippen LogP contribution is -2.46. The van der Waals surface area contributed by atoms with E-state index in [-0.39, 0.29) is 5.56 Å². The van der Waals surface area contributed by atoms with E-state index < -0.39 is 11.7 Å². The van der Waals surface area contributed by atoms with Crippen molar-refractivity contribution in [3.8, 4) is 0 Å². The van der Waals surface area contributed by atoms with Crippen LogP contribution in [0.4, 0.5) is 15.9 Å². The molecule has 1 aliphatic rings. The van der Waals surface area contributed by atoms with Gasteiger partial charge in [-0.3, -0.25) is 9.69 Å². The van der Waals surface area contributed by atoms with Gasteiger partial charge in [0, 0.05) is 38.3 Å². The summed E-state index contributed by atoms with van der Waals surface area (Å²) in [5, 5.41) is 2.68. The Morgan fingerprint density at radius 3 is 2.61 bits per heavy atom. The van der Waals surface area contributed by atoms with Crippen LogP contribution in [0.25, 0.3) is 0 Å². The van der Waals surface area contributed by atoms with E-state index in [1.54, 1.807) is 36.9 Å². The maximum atomic E-state index is 13.7. The fourth-order valence-electron chi connectivity index (χ4n) is 3.27. The molecule has 7 heteroatoms. The number of carbonyl (C=O) groups is 1. The van der Waals surface area contributed by atoms with Gasteiger partial charge in [-0.1, -0.05) is 12.1 Å². The third-order valence-corrected chi connectivity index (χ3v) is 4.81. The number of nitrogens with zero attached hydrogens (tertiary/aromatic N) is 3. The van der Waals surface area contributed by atoms with Gasteiger partial charge in [0.2, 0.25) is 0 Å². The van der Waals surface area contributed by atoms with Gasteiger partial charge in [0.1, 0.15) is 11.6 Å². The largest absolute Gasteiger partial charge is 0.472 e. The van der Waals surface area contributed by atoms with Gasteiger partial charge in [0.25, 0.3) is 5.91 Å². The normalized spacial score (nSPS) is 14.8. The minimum atomic E-state index is -0.544. The first kappa shape index (κ1) is 18.2. The number of hydrogen-bond acceptors (Lipinski definition) is 5. The highest BCUT2D eigenvalue weighted by Gasteiger charge is 2.18. The molecule has 144 valence electrons. The molecule has 1 saturated heterocycles. The van der Waals surface area contributed by atoms with Gasteiger partial charge < -0.3 is 14.6 Å². The van der Waals surface area contributed by atoms with E-state index in [1.165, 1.54) is 17.7 Å².